The second-order valence-electron chi connectivity index (χ2n) is 10.2. The van der Waals surface area contributed by atoms with E-state index in [4.69, 9.17) is 31.0 Å². The number of hydrogen-bond donors (Lipinski definition) is 0. The third kappa shape index (κ3) is 4.21. The zero-order valence-electron chi connectivity index (χ0n) is 22.3. The smallest absolute Gasteiger partial charge is 0.164 e. The first kappa shape index (κ1) is 24.5. The van der Waals surface area contributed by atoms with Crippen LogP contribution in [0.25, 0.3) is 78.0 Å². The summed E-state index contributed by atoms with van der Waals surface area (Å²) in [5, 5.41) is 4.89. The van der Waals surface area contributed by atoms with Crippen LogP contribution in [0.5, 0.6) is 0 Å². The fraction of sp³-hybridized carbons (Fsp3) is 0. The molecule has 0 bridgehead atoms. The highest BCUT2D eigenvalue weighted by Gasteiger charge is 2.18. The lowest BCUT2D eigenvalue weighted by Gasteiger charge is -2.13. The van der Waals surface area contributed by atoms with Gasteiger partial charge in [-0.25, -0.2) is 15.0 Å². The Morgan fingerprint density at radius 2 is 1.12 bits per heavy atom. The van der Waals surface area contributed by atoms with Crippen molar-refractivity contribution in [1.29, 1.82) is 0 Å². The lowest BCUT2D eigenvalue weighted by Crippen LogP contribution is -2.00. The number of hydrogen-bond acceptors (Lipinski definition) is 4. The molecule has 2 aromatic heterocycles. The summed E-state index contributed by atoms with van der Waals surface area (Å²) in [6.45, 7) is 0. The largest absolute Gasteiger partial charge is 0.456 e. The first-order valence-corrected chi connectivity index (χ1v) is 14.1. The van der Waals surface area contributed by atoms with Crippen LogP contribution in [0.1, 0.15) is 0 Å². The van der Waals surface area contributed by atoms with Crippen LogP contribution in [-0.2, 0) is 0 Å². The van der Waals surface area contributed by atoms with Crippen molar-refractivity contribution >= 4 is 44.3 Å². The fourth-order valence-electron chi connectivity index (χ4n) is 5.62. The standard InChI is InChI=1S/C37H22ClN3O/c38-27-18-19-30-33(22-27)42-32-17-9-16-29(34(30)32)26-20-25-14-7-8-15-28(25)31(21-26)37-40-35(23-10-3-1-4-11-23)39-36(41-37)24-12-5-2-6-13-24/h1-22H. The molecule has 0 radical (unpaired) electrons. The van der Waals surface area contributed by atoms with E-state index in [1.54, 1.807) is 0 Å². The van der Waals surface area contributed by atoms with Gasteiger partial charge in [-0.2, -0.15) is 0 Å². The topological polar surface area (TPSA) is 51.8 Å². The number of fused-ring (bicyclic) bond motifs is 4. The van der Waals surface area contributed by atoms with Crippen LogP contribution < -0.4 is 0 Å². The van der Waals surface area contributed by atoms with Gasteiger partial charge in [-0.3, -0.25) is 0 Å². The van der Waals surface area contributed by atoms with Crippen molar-refractivity contribution in [3.8, 4) is 45.3 Å². The van der Waals surface area contributed by atoms with Gasteiger partial charge in [-0.15, -0.1) is 0 Å². The number of furan rings is 1. The molecule has 8 aromatic rings. The highest BCUT2D eigenvalue weighted by molar-refractivity contribution is 6.31. The number of halogens is 1. The third-order valence-electron chi connectivity index (χ3n) is 7.57. The Kier molecular flexibility index (Phi) is 5.80. The molecule has 4 nitrogen and oxygen atoms in total. The van der Waals surface area contributed by atoms with Gasteiger partial charge >= 0.3 is 0 Å². The van der Waals surface area contributed by atoms with Crippen molar-refractivity contribution in [3.63, 3.8) is 0 Å². The minimum atomic E-state index is 0.622. The van der Waals surface area contributed by atoms with E-state index in [9.17, 15) is 0 Å². The molecular formula is C37H22ClN3O. The molecule has 42 heavy (non-hydrogen) atoms. The Labute approximate surface area is 246 Å². The Morgan fingerprint density at radius 3 is 1.86 bits per heavy atom. The van der Waals surface area contributed by atoms with Crippen LogP contribution in [0.15, 0.2) is 138 Å². The molecule has 2 heterocycles. The molecule has 0 spiro atoms. The van der Waals surface area contributed by atoms with Crippen LogP contribution in [-0.4, -0.2) is 15.0 Å². The maximum Gasteiger partial charge on any atom is 0.164 e. The minimum Gasteiger partial charge on any atom is -0.456 e. The van der Waals surface area contributed by atoms with E-state index >= 15 is 0 Å². The number of nitrogens with zero attached hydrogens (tertiary/aromatic N) is 3. The molecular weight excluding hydrogens is 538 g/mol. The Bertz CT molecular complexity index is 2200. The lowest BCUT2D eigenvalue weighted by molar-refractivity contribution is 0.669. The van der Waals surface area contributed by atoms with E-state index in [0.29, 0.717) is 22.5 Å². The van der Waals surface area contributed by atoms with Crippen molar-refractivity contribution in [2.45, 2.75) is 0 Å². The zero-order chi connectivity index (χ0) is 28.0. The van der Waals surface area contributed by atoms with Gasteiger partial charge in [0.1, 0.15) is 11.2 Å². The molecule has 0 fully saturated rings. The molecule has 0 atom stereocenters. The first-order chi connectivity index (χ1) is 20.7. The molecule has 0 unspecified atom stereocenters. The normalized spacial score (nSPS) is 11.5. The minimum absolute atomic E-state index is 0.622. The monoisotopic (exact) mass is 559 g/mol. The van der Waals surface area contributed by atoms with Crippen molar-refractivity contribution in [3.05, 3.63) is 138 Å². The predicted octanol–water partition coefficient (Wildman–Crippen LogP) is 10.2. The first-order valence-electron chi connectivity index (χ1n) is 13.7. The number of benzene rings is 6. The fourth-order valence-corrected chi connectivity index (χ4v) is 5.78. The summed E-state index contributed by atoms with van der Waals surface area (Å²) in [5.74, 6) is 1.89. The molecule has 198 valence electrons. The van der Waals surface area contributed by atoms with Crippen molar-refractivity contribution in [1.82, 2.24) is 15.0 Å². The van der Waals surface area contributed by atoms with Crippen molar-refractivity contribution in [2.75, 3.05) is 0 Å². The summed E-state index contributed by atoms with van der Waals surface area (Å²) < 4.78 is 6.21. The molecule has 0 amide bonds. The summed E-state index contributed by atoms with van der Waals surface area (Å²) in [6, 6.07) is 44.8. The Balaban J connectivity index is 1.41. The SMILES string of the molecule is Clc1ccc2c(c1)oc1cccc(-c3cc(-c4nc(-c5ccccc5)nc(-c5ccccc5)n4)c4ccccc4c3)c12. The van der Waals surface area contributed by atoms with E-state index in [-0.39, 0.29) is 0 Å². The average molecular weight is 560 g/mol. The van der Waals surface area contributed by atoms with E-state index < -0.39 is 0 Å². The van der Waals surface area contributed by atoms with Crippen LogP contribution in [0.4, 0.5) is 0 Å². The van der Waals surface area contributed by atoms with Crippen LogP contribution in [0, 0.1) is 0 Å². The van der Waals surface area contributed by atoms with E-state index in [1.165, 1.54) is 0 Å². The summed E-state index contributed by atoms with van der Waals surface area (Å²) in [4.78, 5) is 15.0. The maximum absolute atomic E-state index is 6.29. The van der Waals surface area contributed by atoms with Gasteiger partial charge in [0.2, 0.25) is 0 Å². The van der Waals surface area contributed by atoms with Crippen LogP contribution in [0.3, 0.4) is 0 Å². The van der Waals surface area contributed by atoms with E-state index in [0.717, 1.165) is 60.5 Å². The quantitative estimate of drug-likeness (QED) is 0.215. The molecule has 6 aromatic carbocycles. The average Bonchev–Trinajstić information content (AvgIpc) is 3.42. The van der Waals surface area contributed by atoms with Crippen molar-refractivity contribution < 1.29 is 4.42 Å². The molecule has 0 saturated heterocycles. The summed E-state index contributed by atoms with van der Waals surface area (Å²) >= 11 is 6.29. The maximum atomic E-state index is 6.29. The highest BCUT2D eigenvalue weighted by Crippen LogP contribution is 2.40. The molecule has 0 N–H and O–H groups in total. The molecule has 0 saturated carbocycles. The van der Waals surface area contributed by atoms with Crippen LogP contribution >= 0.6 is 11.6 Å². The molecule has 0 aliphatic heterocycles. The lowest BCUT2D eigenvalue weighted by atomic mass is 9.94. The molecule has 0 aliphatic rings. The number of rotatable bonds is 4. The molecule has 5 heteroatoms. The van der Waals surface area contributed by atoms with Crippen molar-refractivity contribution in [2.24, 2.45) is 0 Å². The zero-order valence-corrected chi connectivity index (χ0v) is 23.1. The highest BCUT2D eigenvalue weighted by atomic mass is 35.5. The summed E-state index contributed by atoms with van der Waals surface area (Å²) in [6.07, 6.45) is 0. The van der Waals surface area contributed by atoms with Gasteiger partial charge in [0.25, 0.3) is 0 Å². The molecule has 8 rings (SSSR count). The van der Waals surface area contributed by atoms with E-state index in [1.807, 2.05) is 91.0 Å². The summed E-state index contributed by atoms with van der Waals surface area (Å²) in [5.41, 5.74) is 6.52. The van der Waals surface area contributed by atoms with Gasteiger partial charge in [-0.1, -0.05) is 109 Å². The van der Waals surface area contributed by atoms with Gasteiger partial charge < -0.3 is 4.42 Å². The van der Waals surface area contributed by atoms with Gasteiger partial charge in [0, 0.05) is 38.6 Å². The Morgan fingerprint density at radius 1 is 0.452 bits per heavy atom. The number of aromatic nitrogens is 3. The predicted molar refractivity (Wildman–Crippen MR) is 171 cm³/mol. The van der Waals surface area contributed by atoms with Crippen LogP contribution in [0.2, 0.25) is 5.02 Å². The summed E-state index contributed by atoms with van der Waals surface area (Å²) in [7, 11) is 0. The van der Waals surface area contributed by atoms with Gasteiger partial charge in [0.15, 0.2) is 17.5 Å². The second kappa shape index (κ2) is 9.95. The van der Waals surface area contributed by atoms with Gasteiger partial charge in [-0.05, 0) is 52.2 Å². The Hall–Kier alpha value is -5.32. The van der Waals surface area contributed by atoms with Gasteiger partial charge in [0.05, 0.1) is 0 Å². The second-order valence-corrected chi connectivity index (χ2v) is 10.6. The molecule has 0 aliphatic carbocycles. The van der Waals surface area contributed by atoms with E-state index in [2.05, 4.69) is 42.5 Å². The third-order valence-corrected chi connectivity index (χ3v) is 7.81.